The molecule has 2 aromatic carbocycles. The number of allylic oxidation sites excluding steroid dienone is 1. The van der Waals surface area contributed by atoms with Crippen LogP contribution >= 0.6 is 31.9 Å². The third kappa shape index (κ3) is 2.00. The summed E-state index contributed by atoms with van der Waals surface area (Å²) in [6.07, 6.45) is 1.88. The van der Waals surface area contributed by atoms with Crippen molar-refractivity contribution in [1.82, 2.24) is 14.5 Å². The summed E-state index contributed by atoms with van der Waals surface area (Å²) in [6.45, 7) is 4.55. The van der Waals surface area contributed by atoms with Gasteiger partial charge in [0.05, 0.1) is 16.6 Å². The Bertz CT molecular complexity index is 1050. The van der Waals surface area contributed by atoms with Crippen LogP contribution in [0.3, 0.4) is 0 Å². The van der Waals surface area contributed by atoms with Crippen LogP contribution in [0.4, 0.5) is 0 Å². The monoisotopic (exact) mass is 415 g/mol. The standard InChI is InChI=1S/C17H11Br2N3/c1-2-7-22-16-11(8-10(18)9-12(16)19)15-17(22)21-14-6-4-3-5-13(14)20-15/h2-6,8-9H,1,7H2. The van der Waals surface area contributed by atoms with E-state index in [1.54, 1.807) is 0 Å². The number of halogens is 2. The number of hydrogen-bond donors (Lipinski definition) is 0. The number of rotatable bonds is 2. The molecular weight excluding hydrogens is 406 g/mol. The molecule has 0 amide bonds. The number of hydrogen-bond acceptors (Lipinski definition) is 2. The van der Waals surface area contributed by atoms with Gasteiger partial charge in [-0.1, -0.05) is 34.1 Å². The van der Waals surface area contributed by atoms with Crippen LogP contribution in [0.25, 0.3) is 33.1 Å². The van der Waals surface area contributed by atoms with Crippen LogP contribution in [0.15, 0.2) is 58.0 Å². The average molecular weight is 417 g/mol. The van der Waals surface area contributed by atoms with Crippen molar-refractivity contribution in [2.75, 3.05) is 0 Å². The van der Waals surface area contributed by atoms with Crippen molar-refractivity contribution < 1.29 is 0 Å². The third-order valence-electron chi connectivity index (χ3n) is 3.67. The molecule has 4 rings (SSSR count). The van der Waals surface area contributed by atoms with E-state index in [9.17, 15) is 0 Å². The van der Waals surface area contributed by atoms with Gasteiger partial charge in [0.15, 0.2) is 5.65 Å². The number of para-hydroxylation sites is 2. The van der Waals surface area contributed by atoms with E-state index < -0.39 is 0 Å². The van der Waals surface area contributed by atoms with Crippen molar-refractivity contribution >= 4 is 65.0 Å². The zero-order chi connectivity index (χ0) is 15.3. The molecule has 2 aromatic heterocycles. The van der Waals surface area contributed by atoms with Crippen molar-refractivity contribution in [3.8, 4) is 0 Å². The van der Waals surface area contributed by atoms with Gasteiger partial charge in [0.1, 0.15) is 5.52 Å². The maximum absolute atomic E-state index is 4.83. The second-order valence-corrected chi connectivity index (χ2v) is 6.84. The molecule has 22 heavy (non-hydrogen) atoms. The molecule has 5 heteroatoms. The molecule has 0 atom stereocenters. The van der Waals surface area contributed by atoms with E-state index in [0.29, 0.717) is 6.54 Å². The average Bonchev–Trinajstić information content (AvgIpc) is 2.79. The molecule has 0 radical (unpaired) electrons. The van der Waals surface area contributed by atoms with E-state index in [0.717, 1.165) is 42.0 Å². The zero-order valence-electron chi connectivity index (χ0n) is 11.6. The van der Waals surface area contributed by atoms with E-state index in [1.807, 2.05) is 36.4 Å². The summed E-state index contributed by atoms with van der Waals surface area (Å²) < 4.78 is 4.18. The van der Waals surface area contributed by atoms with Crippen molar-refractivity contribution in [2.24, 2.45) is 0 Å². The van der Waals surface area contributed by atoms with E-state index in [1.165, 1.54) is 0 Å². The lowest BCUT2D eigenvalue weighted by Gasteiger charge is -2.05. The predicted molar refractivity (Wildman–Crippen MR) is 98.1 cm³/mol. The first kappa shape index (κ1) is 13.9. The summed E-state index contributed by atoms with van der Waals surface area (Å²) in [5.74, 6) is 0. The van der Waals surface area contributed by atoms with Crippen LogP contribution in [0.5, 0.6) is 0 Å². The molecule has 0 saturated carbocycles. The molecule has 0 spiro atoms. The highest BCUT2D eigenvalue weighted by Gasteiger charge is 2.16. The quantitative estimate of drug-likeness (QED) is 0.407. The Balaban J connectivity index is 2.28. The predicted octanol–water partition coefficient (Wildman–Crippen LogP) is 5.45. The molecule has 0 fully saturated rings. The van der Waals surface area contributed by atoms with E-state index >= 15 is 0 Å². The molecule has 2 heterocycles. The van der Waals surface area contributed by atoms with Gasteiger partial charge in [0, 0.05) is 20.9 Å². The molecular formula is C17H11Br2N3. The Morgan fingerprint density at radius 2 is 1.82 bits per heavy atom. The Kier molecular flexibility index (Phi) is 3.27. The topological polar surface area (TPSA) is 30.7 Å². The Labute approximate surface area is 143 Å². The Hall–Kier alpha value is -1.72. The van der Waals surface area contributed by atoms with Crippen molar-refractivity contribution in [3.63, 3.8) is 0 Å². The molecule has 0 aliphatic heterocycles. The molecule has 0 saturated heterocycles. The fourth-order valence-corrected chi connectivity index (χ4v) is 4.23. The van der Waals surface area contributed by atoms with E-state index in [4.69, 9.17) is 9.97 Å². The van der Waals surface area contributed by atoms with Crippen molar-refractivity contribution in [3.05, 3.63) is 58.0 Å². The number of benzene rings is 2. The summed E-state index contributed by atoms with van der Waals surface area (Å²) in [4.78, 5) is 9.65. The minimum absolute atomic E-state index is 0.688. The lowest BCUT2D eigenvalue weighted by molar-refractivity contribution is 0.885. The van der Waals surface area contributed by atoms with Gasteiger partial charge in [-0.25, -0.2) is 9.97 Å². The summed E-state index contributed by atoms with van der Waals surface area (Å²) in [7, 11) is 0. The fraction of sp³-hybridized carbons (Fsp3) is 0.0588. The van der Waals surface area contributed by atoms with Gasteiger partial charge in [0.2, 0.25) is 0 Å². The van der Waals surface area contributed by atoms with Crippen LogP contribution in [0, 0.1) is 0 Å². The van der Waals surface area contributed by atoms with Crippen molar-refractivity contribution in [2.45, 2.75) is 6.54 Å². The molecule has 0 aliphatic carbocycles. The Morgan fingerprint density at radius 3 is 2.55 bits per heavy atom. The van der Waals surface area contributed by atoms with E-state index in [2.05, 4.69) is 49.1 Å². The molecule has 108 valence electrons. The molecule has 4 aromatic rings. The zero-order valence-corrected chi connectivity index (χ0v) is 14.7. The Morgan fingerprint density at radius 1 is 1.09 bits per heavy atom. The molecule has 3 nitrogen and oxygen atoms in total. The van der Waals surface area contributed by atoms with Gasteiger partial charge in [-0.05, 0) is 40.2 Å². The second kappa shape index (κ2) is 5.18. The molecule has 0 bridgehead atoms. The van der Waals surface area contributed by atoms with Gasteiger partial charge < -0.3 is 4.57 Å². The molecule has 0 aliphatic rings. The summed E-state index contributed by atoms with van der Waals surface area (Å²) >= 11 is 7.22. The second-order valence-electron chi connectivity index (χ2n) is 5.07. The highest BCUT2D eigenvalue weighted by atomic mass is 79.9. The minimum Gasteiger partial charge on any atom is -0.319 e. The SMILES string of the molecule is C=CCn1c2nc3ccccc3nc2c2cc(Br)cc(Br)c21. The summed E-state index contributed by atoms with van der Waals surface area (Å²) in [6, 6.07) is 12.1. The lowest BCUT2D eigenvalue weighted by atomic mass is 10.2. The maximum Gasteiger partial charge on any atom is 0.160 e. The largest absolute Gasteiger partial charge is 0.319 e. The lowest BCUT2D eigenvalue weighted by Crippen LogP contribution is -1.97. The first-order valence-electron chi connectivity index (χ1n) is 6.83. The van der Waals surface area contributed by atoms with Crippen LogP contribution in [0.2, 0.25) is 0 Å². The first-order chi connectivity index (χ1) is 10.7. The maximum atomic E-state index is 4.83. The van der Waals surface area contributed by atoms with Crippen molar-refractivity contribution in [1.29, 1.82) is 0 Å². The van der Waals surface area contributed by atoms with Gasteiger partial charge in [0.25, 0.3) is 0 Å². The number of nitrogens with zero attached hydrogens (tertiary/aromatic N) is 3. The van der Waals surface area contributed by atoms with Gasteiger partial charge >= 0.3 is 0 Å². The van der Waals surface area contributed by atoms with Gasteiger partial charge in [-0.3, -0.25) is 0 Å². The number of aromatic nitrogens is 3. The first-order valence-corrected chi connectivity index (χ1v) is 8.42. The minimum atomic E-state index is 0.688. The van der Waals surface area contributed by atoms with Crippen LogP contribution in [-0.4, -0.2) is 14.5 Å². The van der Waals surface area contributed by atoms with Crippen LogP contribution in [0.1, 0.15) is 0 Å². The number of fused-ring (bicyclic) bond motifs is 4. The summed E-state index contributed by atoms with van der Waals surface area (Å²) in [5.41, 5.74) is 4.69. The van der Waals surface area contributed by atoms with Crippen LogP contribution < -0.4 is 0 Å². The fourth-order valence-electron chi connectivity index (χ4n) is 2.79. The molecule has 0 unspecified atom stereocenters. The highest BCUT2D eigenvalue weighted by Crippen LogP contribution is 2.35. The normalized spacial score (nSPS) is 11.5. The summed E-state index contributed by atoms with van der Waals surface area (Å²) in [5, 5.41) is 1.08. The van der Waals surface area contributed by atoms with Gasteiger partial charge in [-0.15, -0.1) is 6.58 Å². The highest BCUT2D eigenvalue weighted by molar-refractivity contribution is 9.11. The van der Waals surface area contributed by atoms with Crippen LogP contribution in [-0.2, 0) is 6.54 Å². The van der Waals surface area contributed by atoms with E-state index in [-0.39, 0.29) is 0 Å². The third-order valence-corrected chi connectivity index (χ3v) is 4.74. The van der Waals surface area contributed by atoms with Gasteiger partial charge in [-0.2, -0.15) is 0 Å². The smallest absolute Gasteiger partial charge is 0.160 e. The molecule has 0 N–H and O–H groups in total.